The first-order chi connectivity index (χ1) is 15.6. The van der Waals surface area contributed by atoms with Gasteiger partial charge < -0.3 is 10.1 Å². The molecule has 0 aromatic heterocycles. The molecule has 176 valence electrons. The van der Waals surface area contributed by atoms with Crippen LogP contribution < -0.4 is 15.5 Å². The van der Waals surface area contributed by atoms with E-state index < -0.39 is 29.6 Å². The second-order valence-corrected chi connectivity index (χ2v) is 7.63. The standard InChI is InChI=1S/C21H19F5N4O3/c22-14-3-6-17(16(23)11-14)27-18(31)12-30-9-7-20(8-10-30)28-19(29-33-20)13-1-4-15(5-2-13)32-21(24,25)26/h1-6,11H,7-10,12H2,(H,27,31)(H,28,29). The summed E-state index contributed by atoms with van der Waals surface area (Å²) >= 11 is 0. The van der Waals surface area contributed by atoms with E-state index in [2.05, 4.69) is 20.5 Å². The van der Waals surface area contributed by atoms with Crippen molar-refractivity contribution in [2.24, 2.45) is 4.99 Å². The predicted octanol–water partition coefficient (Wildman–Crippen LogP) is 3.58. The van der Waals surface area contributed by atoms with Crippen LogP contribution >= 0.6 is 0 Å². The average molecular weight is 470 g/mol. The number of aliphatic imine (C=N–C) groups is 1. The number of amides is 1. The highest BCUT2D eigenvalue weighted by Crippen LogP contribution is 2.31. The van der Waals surface area contributed by atoms with E-state index in [9.17, 15) is 26.7 Å². The Balaban J connectivity index is 1.31. The van der Waals surface area contributed by atoms with Gasteiger partial charge in [-0.1, -0.05) is 0 Å². The molecule has 0 radical (unpaired) electrons. The molecule has 33 heavy (non-hydrogen) atoms. The highest BCUT2D eigenvalue weighted by molar-refractivity contribution is 5.99. The minimum atomic E-state index is -4.77. The Morgan fingerprint density at radius 1 is 1.15 bits per heavy atom. The fraction of sp³-hybridized carbons (Fsp3) is 0.333. The van der Waals surface area contributed by atoms with Gasteiger partial charge in [0.1, 0.15) is 17.4 Å². The quantitative estimate of drug-likeness (QED) is 0.654. The molecule has 2 aromatic carbocycles. The maximum atomic E-state index is 13.7. The van der Waals surface area contributed by atoms with Crippen molar-refractivity contribution in [2.45, 2.75) is 24.9 Å². The Morgan fingerprint density at radius 3 is 2.48 bits per heavy atom. The predicted molar refractivity (Wildman–Crippen MR) is 107 cm³/mol. The number of benzene rings is 2. The number of hydroxylamine groups is 1. The first-order valence-electron chi connectivity index (χ1n) is 9.98. The molecule has 2 aromatic rings. The number of carbonyl (C=O) groups excluding carboxylic acids is 1. The number of likely N-dealkylation sites (tertiary alicyclic amines) is 1. The molecule has 1 fully saturated rings. The smallest absolute Gasteiger partial charge is 0.406 e. The van der Waals surface area contributed by atoms with Gasteiger partial charge >= 0.3 is 6.36 Å². The first-order valence-corrected chi connectivity index (χ1v) is 9.98. The van der Waals surface area contributed by atoms with Gasteiger partial charge in [0.15, 0.2) is 11.6 Å². The number of alkyl halides is 3. The molecule has 1 amide bonds. The molecule has 2 aliphatic heterocycles. The molecular weight excluding hydrogens is 451 g/mol. The summed E-state index contributed by atoms with van der Waals surface area (Å²) in [5.41, 5.74) is 2.30. The zero-order chi connectivity index (χ0) is 23.6. The van der Waals surface area contributed by atoms with Crippen LogP contribution in [0.1, 0.15) is 18.4 Å². The van der Waals surface area contributed by atoms with E-state index in [1.54, 1.807) is 0 Å². The number of amidine groups is 1. The summed E-state index contributed by atoms with van der Waals surface area (Å²) < 4.78 is 67.4. The highest BCUT2D eigenvalue weighted by atomic mass is 19.4. The lowest BCUT2D eigenvalue weighted by atomic mass is 10.0. The molecule has 1 spiro atoms. The lowest BCUT2D eigenvalue weighted by molar-refractivity contribution is -0.274. The number of hydrogen-bond donors (Lipinski definition) is 2. The zero-order valence-electron chi connectivity index (χ0n) is 17.1. The van der Waals surface area contributed by atoms with Crippen LogP contribution in [0, 0.1) is 11.6 Å². The number of nitrogens with one attached hydrogen (secondary N) is 2. The van der Waals surface area contributed by atoms with Gasteiger partial charge in [-0.2, -0.15) is 0 Å². The normalized spacial score (nSPS) is 18.0. The molecule has 0 unspecified atom stereocenters. The summed E-state index contributed by atoms with van der Waals surface area (Å²) in [6, 6.07) is 8.14. The molecular formula is C21H19F5N4O3. The van der Waals surface area contributed by atoms with E-state index in [0.717, 1.165) is 12.1 Å². The fourth-order valence-corrected chi connectivity index (χ4v) is 3.59. The van der Waals surface area contributed by atoms with E-state index in [-0.39, 0.29) is 18.0 Å². The number of ether oxygens (including phenoxy) is 1. The van der Waals surface area contributed by atoms with Crippen LogP contribution in [0.25, 0.3) is 0 Å². The number of anilines is 1. The minimum absolute atomic E-state index is 0.0115. The van der Waals surface area contributed by atoms with Gasteiger partial charge in [0, 0.05) is 37.6 Å². The third-order valence-corrected chi connectivity index (χ3v) is 5.22. The molecule has 2 N–H and O–H groups in total. The monoisotopic (exact) mass is 470 g/mol. The third-order valence-electron chi connectivity index (χ3n) is 5.22. The van der Waals surface area contributed by atoms with E-state index in [1.165, 1.54) is 24.3 Å². The van der Waals surface area contributed by atoms with Gasteiger partial charge in [-0.05, 0) is 36.4 Å². The number of rotatable bonds is 5. The number of piperidine rings is 1. The molecule has 1 saturated heterocycles. The largest absolute Gasteiger partial charge is 0.573 e. The van der Waals surface area contributed by atoms with Gasteiger partial charge in [0.25, 0.3) is 0 Å². The maximum absolute atomic E-state index is 13.7. The van der Waals surface area contributed by atoms with Crippen LogP contribution in [0.4, 0.5) is 27.6 Å². The first kappa shape index (κ1) is 22.9. The highest BCUT2D eigenvalue weighted by Gasteiger charge is 2.40. The fourth-order valence-electron chi connectivity index (χ4n) is 3.59. The minimum Gasteiger partial charge on any atom is -0.406 e. The van der Waals surface area contributed by atoms with Crippen LogP contribution in [0.2, 0.25) is 0 Å². The molecule has 0 bridgehead atoms. The van der Waals surface area contributed by atoms with Gasteiger partial charge in [0.05, 0.1) is 12.2 Å². The van der Waals surface area contributed by atoms with E-state index in [1.807, 2.05) is 4.90 Å². The molecule has 0 atom stereocenters. The second-order valence-electron chi connectivity index (χ2n) is 7.63. The molecule has 12 heteroatoms. The summed E-state index contributed by atoms with van der Waals surface area (Å²) in [5, 5.41) is 2.42. The topological polar surface area (TPSA) is 75.2 Å². The number of hydrogen-bond acceptors (Lipinski definition) is 6. The lowest BCUT2D eigenvalue weighted by Crippen LogP contribution is -2.46. The summed E-state index contributed by atoms with van der Waals surface area (Å²) in [5.74, 6) is -1.99. The van der Waals surface area contributed by atoms with E-state index in [0.29, 0.717) is 43.4 Å². The lowest BCUT2D eigenvalue weighted by Gasteiger charge is -2.35. The summed E-state index contributed by atoms with van der Waals surface area (Å²) in [6.07, 6.45) is -3.86. The molecule has 2 aliphatic rings. The third kappa shape index (κ3) is 5.76. The summed E-state index contributed by atoms with van der Waals surface area (Å²) in [4.78, 5) is 24.3. The molecule has 2 heterocycles. The summed E-state index contributed by atoms with van der Waals surface area (Å²) in [7, 11) is 0. The van der Waals surface area contributed by atoms with Crippen molar-refractivity contribution in [1.82, 2.24) is 10.4 Å². The van der Waals surface area contributed by atoms with Crippen molar-refractivity contribution in [3.63, 3.8) is 0 Å². The van der Waals surface area contributed by atoms with E-state index >= 15 is 0 Å². The zero-order valence-corrected chi connectivity index (χ0v) is 17.1. The van der Waals surface area contributed by atoms with Gasteiger partial charge in [-0.3, -0.25) is 9.69 Å². The van der Waals surface area contributed by atoms with Crippen molar-refractivity contribution in [1.29, 1.82) is 0 Å². The SMILES string of the molecule is O=C(CN1CCC2(CC1)N=C(c1ccc(OC(F)(F)F)cc1)NO2)Nc1ccc(F)cc1F. The number of halogens is 5. The van der Waals surface area contributed by atoms with Crippen molar-refractivity contribution < 1.29 is 36.3 Å². The van der Waals surface area contributed by atoms with Gasteiger partial charge in [0.2, 0.25) is 5.91 Å². The van der Waals surface area contributed by atoms with Crippen molar-refractivity contribution in [3.05, 3.63) is 59.7 Å². The molecule has 7 nitrogen and oxygen atoms in total. The van der Waals surface area contributed by atoms with Crippen molar-refractivity contribution in [2.75, 3.05) is 25.0 Å². The van der Waals surface area contributed by atoms with Crippen LogP contribution in [-0.4, -0.2) is 48.4 Å². The average Bonchev–Trinajstić information content (AvgIpc) is 3.15. The Bertz CT molecular complexity index is 1050. The van der Waals surface area contributed by atoms with Crippen LogP contribution in [-0.2, 0) is 9.63 Å². The number of carbonyl (C=O) groups is 1. The van der Waals surface area contributed by atoms with Gasteiger partial charge in [-0.15, -0.1) is 13.2 Å². The Hall–Kier alpha value is -3.25. The Morgan fingerprint density at radius 2 is 1.85 bits per heavy atom. The Labute approximate surface area is 185 Å². The summed E-state index contributed by atoms with van der Waals surface area (Å²) in [6.45, 7) is 0.948. The second kappa shape index (κ2) is 8.94. The molecule has 0 aliphatic carbocycles. The number of nitrogens with zero attached hydrogens (tertiary/aromatic N) is 2. The van der Waals surface area contributed by atoms with E-state index in [4.69, 9.17) is 4.84 Å². The van der Waals surface area contributed by atoms with Crippen LogP contribution in [0.5, 0.6) is 5.75 Å². The molecule has 4 rings (SSSR count). The van der Waals surface area contributed by atoms with Crippen LogP contribution in [0.3, 0.4) is 0 Å². The van der Waals surface area contributed by atoms with Crippen molar-refractivity contribution in [3.8, 4) is 5.75 Å². The Kier molecular flexibility index (Phi) is 6.21. The molecule has 0 saturated carbocycles. The van der Waals surface area contributed by atoms with Crippen LogP contribution in [0.15, 0.2) is 47.5 Å². The maximum Gasteiger partial charge on any atom is 0.573 e. The van der Waals surface area contributed by atoms with Gasteiger partial charge in [-0.25, -0.2) is 24.1 Å². The van der Waals surface area contributed by atoms with Crippen molar-refractivity contribution >= 4 is 17.4 Å².